The maximum Gasteiger partial charge on any atom is 0.0208 e. The maximum atomic E-state index is 3.49. The summed E-state index contributed by atoms with van der Waals surface area (Å²) in [6.45, 7) is 4.31. The largest absolute Gasteiger partial charge is 0.313 e. The van der Waals surface area contributed by atoms with E-state index in [0.717, 1.165) is 13.1 Å². The highest BCUT2D eigenvalue weighted by molar-refractivity contribution is 7.98. The summed E-state index contributed by atoms with van der Waals surface area (Å²) in [6.07, 6.45) is 4.77. The molecule has 1 aromatic rings. The number of hydrogen-bond acceptors (Lipinski definition) is 2. The highest BCUT2D eigenvalue weighted by Gasteiger charge is 1.95. The Labute approximate surface area is 97.7 Å². The molecule has 0 aliphatic carbocycles. The van der Waals surface area contributed by atoms with E-state index in [2.05, 4.69) is 42.8 Å². The molecule has 0 aliphatic rings. The van der Waals surface area contributed by atoms with Crippen LogP contribution in [0.2, 0.25) is 0 Å². The lowest BCUT2D eigenvalue weighted by Gasteiger charge is -2.07. The Morgan fingerprint density at radius 1 is 1.20 bits per heavy atom. The van der Waals surface area contributed by atoms with E-state index in [1.54, 1.807) is 0 Å². The van der Waals surface area contributed by atoms with Crippen molar-refractivity contribution in [2.24, 2.45) is 0 Å². The highest BCUT2D eigenvalue weighted by atomic mass is 32.2. The van der Waals surface area contributed by atoms with Crippen LogP contribution in [0.25, 0.3) is 0 Å². The molecule has 0 aliphatic heterocycles. The van der Waals surface area contributed by atoms with Crippen molar-refractivity contribution in [1.29, 1.82) is 0 Å². The van der Waals surface area contributed by atoms with Gasteiger partial charge in [0, 0.05) is 6.54 Å². The first-order chi connectivity index (χ1) is 7.34. The minimum absolute atomic E-state index is 1.01. The summed E-state index contributed by atoms with van der Waals surface area (Å²) >= 11 is 1.93. The Bertz CT molecular complexity index is 273. The summed E-state index contributed by atoms with van der Waals surface area (Å²) in [7, 11) is 0. The number of unbranched alkanes of at least 4 members (excludes halogenated alkanes) is 1. The normalized spacial score (nSPS) is 10.5. The lowest BCUT2D eigenvalue weighted by Crippen LogP contribution is -2.15. The van der Waals surface area contributed by atoms with Gasteiger partial charge < -0.3 is 5.32 Å². The van der Waals surface area contributed by atoms with Gasteiger partial charge in [0.2, 0.25) is 0 Å². The van der Waals surface area contributed by atoms with Crippen LogP contribution in [0.3, 0.4) is 0 Å². The van der Waals surface area contributed by atoms with E-state index in [9.17, 15) is 0 Å². The van der Waals surface area contributed by atoms with Crippen molar-refractivity contribution in [3.63, 3.8) is 0 Å². The average Bonchev–Trinajstić information content (AvgIpc) is 2.25. The summed E-state index contributed by atoms with van der Waals surface area (Å²) in [6, 6.07) is 8.57. The minimum Gasteiger partial charge on any atom is -0.313 e. The van der Waals surface area contributed by atoms with E-state index >= 15 is 0 Å². The van der Waals surface area contributed by atoms with Crippen LogP contribution in [0.5, 0.6) is 0 Å². The molecule has 0 spiro atoms. The molecule has 84 valence electrons. The van der Waals surface area contributed by atoms with Crippen LogP contribution in [-0.2, 0) is 6.54 Å². The summed E-state index contributed by atoms with van der Waals surface area (Å²) in [5, 5.41) is 3.49. The molecule has 0 bridgehead atoms. The smallest absolute Gasteiger partial charge is 0.0208 e. The molecule has 2 heteroatoms. The van der Waals surface area contributed by atoms with Crippen LogP contribution in [0.15, 0.2) is 24.3 Å². The fourth-order valence-corrected chi connectivity index (χ4v) is 2.02. The fraction of sp³-hybridized carbons (Fsp3) is 0.538. The second kappa shape index (κ2) is 7.77. The van der Waals surface area contributed by atoms with Gasteiger partial charge in [0.05, 0.1) is 0 Å². The molecule has 0 saturated heterocycles. The first-order valence-electron chi connectivity index (χ1n) is 5.58. The fourth-order valence-electron chi connectivity index (χ4n) is 1.53. The zero-order valence-corrected chi connectivity index (χ0v) is 10.6. The molecule has 0 radical (unpaired) electrons. The third kappa shape index (κ3) is 5.24. The van der Waals surface area contributed by atoms with Crippen molar-refractivity contribution in [2.75, 3.05) is 18.6 Å². The molecular formula is C13H21NS. The zero-order chi connectivity index (χ0) is 10.9. The van der Waals surface area contributed by atoms with Crippen LogP contribution in [0, 0.1) is 6.92 Å². The minimum atomic E-state index is 1.01. The lowest BCUT2D eigenvalue weighted by molar-refractivity contribution is 0.642. The van der Waals surface area contributed by atoms with Gasteiger partial charge in [-0.2, -0.15) is 11.8 Å². The van der Waals surface area contributed by atoms with Crippen molar-refractivity contribution in [3.05, 3.63) is 35.4 Å². The van der Waals surface area contributed by atoms with Gasteiger partial charge >= 0.3 is 0 Å². The molecule has 15 heavy (non-hydrogen) atoms. The third-order valence-corrected chi connectivity index (χ3v) is 3.23. The Hall–Kier alpha value is -0.470. The maximum absolute atomic E-state index is 3.49. The Morgan fingerprint density at radius 2 is 2.00 bits per heavy atom. The second-order valence-electron chi connectivity index (χ2n) is 3.80. The molecule has 0 unspecified atom stereocenters. The van der Waals surface area contributed by atoms with Crippen LogP contribution in [0.4, 0.5) is 0 Å². The molecule has 1 rings (SSSR count). The van der Waals surface area contributed by atoms with E-state index in [1.165, 1.54) is 29.7 Å². The van der Waals surface area contributed by atoms with Gasteiger partial charge in [-0.25, -0.2) is 0 Å². The summed E-state index contributed by atoms with van der Waals surface area (Å²) < 4.78 is 0. The monoisotopic (exact) mass is 223 g/mol. The number of benzene rings is 1. The van der Waals surface area contributed by atoms with E-state index in [-0.39, 0.29) is 0 Å². The van der Waals surface area contributed by atoms with Gasteiger partial charge in [0.1, 0.15) is 0 Å². The molecule has 1 aromatic carbocycles. The standard InChI is InChI=1S/C13H21NS/c1-12-7-3-4-8-13(12)11-14-9-5-6-10-15-2/h3-4,7-8,14H,5-6,9-11H2,1-2H3. The van der Waals surface area contributed by atoms with Crippen LogP contribution >= 0.6 is 11.8 Å². The second-order valence-corrected chi connectivity index (χ2v) is 4.79. The van der Waals surface area contributed by atoms with Gasteiger partial charge in [-0.3, -0.25) is 0 Å². The molecule has 0 fully saturated rings. The van der Waals surface area contributed by atoms with E-state index in [1.807, 2.05) is 11.8 Å². The highest BCUT2D eigenvalue weighted by Crippen LogP contribution is 2.06. The number of rotatable bonds is 7. The van der Waals surface area contributed by atoms with Crippen molar-refractivity contribution >= 4 is 11.8 Å². The molecular weight excluding hydrogens is 202 g/mol. The number of aryl methyl sites for hydroxylation is 1. The van der Waals surface area contributed by atoms with Crippen molar-refractivity contribution < 1.29 is 0 Å². The SMILES string of the molecule is CSCCCCNCc1ccccc1C. The Balaban J connectivity index is 2.12. The van der Waals surface area contributed by atoms with Gasteiger partial charge in [-0.15, -0.1) is 0 Å². The van der Waals surface area contributed by atoms with Gasteiger partial charge in [0.15, 0.2) is 0 Å². The number of hydrogen-bond donors (Lipinski definition) is 1. The van der Waals surface area contributed by atoms with E-state index < -0.39 is 0 Å². The summed E-state index contributed by atoms with van der Waals surface area (Å²) in [5.74, 6) is 1.28. The molecule has 0 amide bonds. The molecule has 1 N–H and O–H groups in total. The van der Waals surface area contributed by atoms with Crippen LogP contribution in [-0.4, -0.2) is 18.6 Å². The zero-order valence-electron chi connectivity index (χ0n) is 9.75. The number of thioether (sulfide) groups is 1. The first kappa shape index (κ1) is 12.6. The van der Waals surface area contributed by atoms with Crippen molar-refractivity contribution in [3.8, 4) is 0 Å². The number of nitrogens with one attached hydrogen (secondary N) is 1. The predicted molar refractivity (Wildman–Crippen MR) is 70.5 cm³/mol. The average molecular weight is 223 g/mol. The topological polar surface area (TPSA) is 12.0 Å². The van der Waals surface area contributed by atoms with Crippen LogP contribution in [0.1, 0.15) is 24.0 Å². The van der Waals surface area contributed by atoms with Crippen LogP contribution < -0.4 is 5.32 Å². The van der Waals surface area contributed by atoms with Gasteiger partial charge in [-0.05, 0) is 49.4 Å². The third-order valence-electron chi connectivity index (χ3n) is 2.53. The van der Waals surface area contributed by atoms with Crippen molar-refractivity contribution in [1.82, 2.24) is 5.32 Å². The summed E-state index contributed by atoms with van der Waals surface area (Å²) in [5.41, 5.74) is 2.80. The van der Waals surface area contributed by atoms with Gasteiger partial charge in [-0.1, -0.05) is 24.3 Å². The lowest BCUT2D eigenvalue weighted by atomic mass is 10.1. The van der Waals surface area contributed by atoms with E-state index in [4.69, 9.17) is 0 Å². The summed E-state index contributed by atoms with van der Waals surface area (Å²) in [4.78, 5) is 0. The predicted octanol–water partition coefficient (Wildman–Crippen LogP) is 3.23. The molecule has 0 aromatic heterocycles. The van der Waals surface area contributed by atoms with E-state index in [0.29, 0.717) is 0 Å². The molecule has 1 nitrogen and oxygen atoms in total. The molecule has 0 atom stereocenters. The van der Waals surface area contributed by atoms with Crippen molar-refractivity contribution in [2.45, 2.75) is 26.3 Å². The Kier molecular flexibility index (Phi) is 6.53. The molecule has 0 saturated carbocycles. The quantitative estimate of drug-likeness (QED) is 0.712. The molecule has 0 heterocycles. The first-order valence-corrected chi connectivity index (χ1v) is 6.98. The van der Waals surface area contributed by atoms with Gasteiger partial charge in [0.25, 0.3) is 0 Å². The Morgan fingerprint density at radius 3 is 2.73 bits per heavy atom.